The smallest absolute Gasteiger partial charge is 0.416 e. The highest BCUT2D eigenvalue weighted by Gasteiger charge is 2.41. The van der Waals surface area contributed by atoms with Gasteiger partial charge in [0.25, 0.3) is 5.91 Å². The maximum atomic E-state index is 13.9. The summed E-state index contributed by atoms with van der Waals surface area (Å²) in [6, 6.07) is 4.47. The Hall–Kier alpha value is -3.35. The average Bonchev–Trinajstić information content (AvgIpc) is 2.91. The molecule has 41 heavy (non-hydrogen) atoms. The normalized spacial score (nSPS) is 21.1. The van der Waals surface area contributed by atoms with E-state index in [-0.39, 0.29) is 12.1 Å². The number of amides is 2. The van der Waals surface area contributed by atoms with Crippen LogP contribution in [0.15, 0.2) is 36.4 Å². The Morgan fingerprint density at radius 3 is 2.00 bits per heavy atom. The molecular formula is C28H30F7N3O3. The van der Waals surface area contributed by atoms with Crippen LogP contribution >= 0.6 is 0 Å². The number of hydrogen-bond acceptors (Lipinski definition) is 3. The summed E-state index contributed by atoms with van der Waals surface area (Å²) in [4.78, 5) is 29.5. The summed E-state index contributed by atoms with van der Waals surface area (Å²) in [5.41, 5.74) is -2.56. The summed E-state index contributed by atoms with van der Waals surface area (Å²) in [6.07, 6.45) is -9.65. The van der Waals surface area contributed by atoms with Gasteiger partial charge in [-0.05, 0) is 67.6 Å². The van der Waals surface area contributed by atoms with E-state index in [0.29, 0.717) is 68.7 Å². The topological polar surface area (TPSA) is 64.1 Å². The van der Waals surface area contributed by atoms with Crippen molar-refractivity contribution in [2.24, 2.45) is 0 Å². The van der Waals surface area contributed by atoms with Gasteiger partial charge in [0.15, 0.2) is 0 Å². The molecule has 0 aromatic heterocycles. The number of benzene rings is 2. The van der Waals surface area contributed by atoms with E-state index in [2.05, 4.69) is 4.90 Å². The maximum absolute atomic E-state index is 13.9. The molecule has 6 nitrogen and oxygen atoms in total. The fourth-order valence-corrected chi connectivity index (χ4v) is 5.98. The Morgan fingerprint density at radius 1 is 0.902 bits per heavy atom. The molecule has 2 heterocycles. The van der Waals surface area contributed by atoms with Gasteiger partial charge < -0.3 is 14.9 Å². The first-order valence-electron chi connectivity index (χ1n) is 13.1. The number of alkyl halides is 6. The van der Waals surface area contributed by atoms with Gasteiger partial charge >= 0.3 is 18.4 Å². The summed E-state index contributed by atoms with van der Waals surface area (Å²) < 4.78 is 94.6. The third-order valence-electron chi connectivity index (χ3n) is 8.14. The molecule has 0 spiro atoms. The zero-order chi connectivity index (χ0) is 30.3. The summed E-state index contributed by atoms with van der Waals surface area (Å²) in [5, 5.41) is 9.26. The minimum absolute atomic E-state index is 0.0183. The highest BCUT2D eigenvalue weighted by atomic mass is 19.4. The van der Waals surface area contributed by atoms with Crippen LogP contribution in [0.3, 0.4) is 0 Å². The van der Waals surface area contributed by atoms with Crippen LogP contribution in [0.5, 0.6) is 0 Å². The number of nitrogens with zero attached hydrogens (tertiary/aromatic N) is 3. The molecule has 2 atom stereocenters. The first-order chi connectivity index (χ1) is 19.1. The summed E-state index contributed by atoms with van der Waals surface area (Å²) in [6.45, 7) is 3.28. The number of carbonyl (C=O) groups excluding carboxylic acids is 1. The van der Waals surface area contributed by atoms with Gasteiger partial charge in [0.2, 0.25) is 0 Å². The molecule has 0 saturated carbocycles. The second kappa shape index (κ2) is 11.5. The zero-order valence-electron chi connectivity index (χ0n) is 22.4. The lowest BCUT2D eigenvalue weighted by molar-refractivity contribution is -0.143. The van der Waals surface area contributed by atoms with Gasteiger partial charge in [-0.3, -0.25) is 9.69 Å². The van der Waals surface area contributed by atoms with E-state index in [1.807, 2.05) is 0 Å². The summed E-state index contributed by atoms with van der Waals surface area (Å²) in [5.74, 6) is -1.88. The molecule has 2 aliphatic rings. The highest BCUT2D eigenvalue weighted by Crippen LogP contribution is 2.38. The van der Waals surface area contributed by atoms with Crippen LogP contribution in [-0.4, -0.2) is 77.1 Å². The molecule has 1 N–H and O–H groups in total. The first-order valence-corrected chi connectivity index (χ1v) is 13.1. The van der Waals surface area contributed by atoms with Crippen molar-refractivity contribution in [3.05, 3.63) is 70.0 Å². The third kappa shape index (κ3) is 6.77. The van der Waals surface area contributed by atoms with Crippen molar-refractivity contribution >= 4 is 12.0 Å². The van der Waals surface area contributed by atoms with Crippen LogP contribution in [0, 0.1) is 12.7 Å². The maximum Gasteiger partial charge on any atom is 0.416 e. The molecule has 4 rings (SSSR count). The second-order valence-corrected chi connectivity index (χ2v) is 10.7. The largest absolute Gasteiger partial charge is 0.465 e. The van der Waals surface area contributed by atoms with Gasteiger partial charge in [0.05, 0.1) is 11.1 Å². The van der Waals surface area contributed by atoms with Crippen molar-refractivity contribution in [1.82, 2.24) is 14.7 Å². The van der Waals surface area contributed by atoms with Crippen molar-refractivity contribution in [2.75, 3.05) is 33.2 Å². The summed E-state index contributed by atoms with van der Waals surface area (Å²) >= 11 is 0. The number of hydrogen-bond donors (Lipinski definition) is 1. The van der Waals surface area contributed by atoms with Gasteiger partial charge in [-0.25, -0.2) is 9.18 Å². The standard InChI is InChI=1S/C28H30F7N3O3/c1-16-11-20(29)3-4-22(16)23-15-38(21-5-8-37(9-6-21)26(40)41)10-7-24(23)36(2)25(39)17-12-18(27(30,31)32)14-19(13-17)28(33,34)35/h3-4,11-14,21,23-24H,5-10,15H2,1-2H3,(H,40,41)/t23-,24+/m0/s1. The number of halogens is 7. The number of rotatable bonds is 4. The molecule has 2 aromatic carbocycles. The molecule has 0 unspecified atom stereocenters. The van der Waals surface area contributed by atoms with Crippen LogP contribution in [0.4, 0.5) is 35.5 Å². The molecule has 0 aliphatic carbocycles. The Morgan fingerprint density at radius 2 is 1.49 bits per heavy atom. The molecule has 0 bridgehead atoms. The minimum atomic E-state index is -5.09. The first kappa shape index (κ1) is 30.6. The molecule has 2 saturated heterocycles. The van der Waals surface area contributed by atoms with E-state index >= 15 is 0 Å². The van der Waals surface area contributed by atoms with Crippen LogP contribution < -0.4 is 0 Å². The lowest BCUT2D eigenvalue weighted by atomic mass is 9.81. The highest BCUT2D eigenvalue weighted by molar-refractivity contribution is 5.95. The lowest BCUT2D eigenvalue weighted by Crippen LogP contribution is -2.55. The van der Waals surface area contributed by atoms with Crippen molar-refractivity contribution in [3.63, 3.8) is 0 Å². The number of carboxylic acid groups (broad SMARTS) is 1. The molecule has 0 radical (unpaired) electrons. The van der Waals surface area contributed by atoms with Crippen molar-refractivity contribution in [3.8, 4) is 0 Å². The van der Waals surface area contributed by atoms with E-state index < -0.39 is 58.8 Å². The van der Waals surface area contributed by atoms with Gasteiger partial charge in [-0.15, -0.1) is 0 Å². The Kier molecular flexibility index (Phi) is 8.58. The molecule has 2 aromatic rings. The molecule has 13 heteroatoms. The lowest BCUT2D eigenvalue weighted by Gasteiger charge is -2.47. The number of likely N-dealkylation sites (tertiary alicyclic amines) is 2. The van der Waals surface area contributed by atoms with E-state index in [4.69, 9.17) is 0 Å². The Labute approximate surface area is 232 Å². The van der Waals surface area contributed by atoms with Crippen LogP contribution in [0.2, 0.25) is 0 Å². The second-order valence-electron chi connectivity index (χ2n) is 10.7. The van der Waals surface area contributed by atoms with Gasteiger partial charge in [-0.1, -0.05) is 6.07 Å². The Balaban J connectivity index is 1.65. The predicted molar refractivity (Wildman–Crippen MR) is 135 cm³/mol. The quantitative estimate of drug-likeness (QED) is 0.429. The van der Waals surface area contributed by atoms with Crippen molar-refractivity contribution < 1.29 is 45.4 Å². The van der Waals surface area contributed by atoms with E-state index in [1.165, 1.54) is 29.0 Å². The third-order valence-corrected chi connectivity index (χ3v) is 8.14. The van der Waals surface area contributed by atoms with E-state index in [0.717, 1.165) is 0 Å². The van der Waals surface area contributed by atoms with Crippen molar-refractivity contribution in [2.45, 2.75) is 56.5 Å². The monoisotopic (exact) mass is 589 g/mol. The fourth-order valence-electron chi connectivity index (χ4n) is 5.98. The molecule has 224 valence electrons. The van der Waals surface area contributed by atoms with E-state index in [9.17, 15) is 45.4 Å². The number of carbonyl (C=O) groups is 2. The predicted octanol–water partition coefficient (Wildman–Crippen LogP) is 6.24. The van der Waals surface area contributed by atoms with Crippen LogP contribution in [-0.2, 0) is 12.4 Å². The molecular weight excluding hydrogens is 559 g/mol. The molecule has 2 fully saturated rings. The van der Waals surface area contributed by atoms with Gasteiger partial charge in [0.1, 0.15) is 5.82 Å². The van der Waals surface area contributed by atoms with Gasteiger partial charge in [-0.2, -0.15) is 26.3 Å². The number of likely N-dealkylation sites (N-methyl/N-ethyl adjacent to an activating group) is 1. The average molecular weight is 590 g/mol. The summed E-state index contributed by atoms with van der Waals surface area (Å²) in [7, 11) is 1.35. The van der Waals surface area contributed by atoms with Crippen LogP contribution in [0.1, 0.15) is 57.8 Å². The minimum Gasteiger partial charge on any atom is -0.465 e. The van der Waals surface area contributed by atoms with E-state index in [1.54, 1.807) is 13.0 Å². The Bertz CT molecular complexity index is 1260. The molecule has 2 amide bonds. The van der Waals surface area contributed by atoms with Crippen molar-refractivity contribution in [1.29, 1.82) is 0 Å². The SMILES string of the molecule is Cc1cc(F)ccc1[C@@H]1CN(C2CCN(C(=O)O)CC2)CC[C@H]1N(C)C(=O)c1cc(C(F)(F)F)cc(C(F)(F)F)c1. The number of aryl methyl sites for hydroxylation is 1. The fraction of sp³-hybridized carbons (Fsp3) is 0.500. The van der Waals surface area contributed by atoms with Gasteiger partial charge in [0, 0.05) is 56.8 Å². The molecule has 2 aliphatic heterocycles. The number of piperidine rings is 2. The zero-order valence-corrected chi connectivity index (χ0v) is 22.4. The van der Waals surface area contributed by atoms with Crippen LogP contribution in [0.25, 0.3) is 0 Å².